The summed E-state index contributed by atoms with van der Waals surface area (Å²) in [7, 11) is 0. The Balaban J connectivity index is 4.27. The highest BCUT2D eigenvalue weighted by Crippen LogP contribution is 2.12. The third-order valence-corrected chi connectivity index (χ3v) is 1.23. The number of ether oxygens (including phenoxy) is 2. The Morgan fingerprint density at radius 2 is 1.69 bits per heavy atom. The average molecular weight is 188 g/mol. The number of carbonyl (C=O) groups is 2. The minimum atomic E-state index is -1.20. The number of hydrogen-bond donors (Lipinski definition) is 0. The molecule has 0 aliphatic carbocycles. The van der Waals surface area contributed by atoms with E-state index in [-0.39, 0.29) is 6.10 Å². The second-order valence-corrected chi connectivity index (χ2v) is 3.56. The van der Waals surface area contributed by atoms with Crippen LogP contribution in [-0.2, 0) is 19.1 Å². The zero-order chi connectivity index (χ0) is 10.6. The molecule has 0 heterocycles. The van der Waals surface area contributed by atoms with Crippen LogP contribution in [0.5, 0.6) is 0 Å². The first-order valence-electron chi connectivity index (χ1n) is 4.16. The third kappa shape index (κ3) is 4.50. The summed E-state index contributed by atoms with van der Waals surface area (Å²) in [6.07, 6.45) is -0.206. The van der Waals surface area contributed by atoms with Crippen molar-refractivity contribution in [2.45, 2.75) is 46.3 Å². The smallest absolute Gasteiger partial charge is 0.350 e. The van der Waals surface area contributed by atoms with Crippen LogP contribution in [0.4, 0.5) is 0 Å². The van der Waals surface area contributed by atoms with E-state index in [2.05, 4.69) is 0 Å². The summed E-state index contributed by atoms with van der Waals surface area (Å²) in [4.78, 5) is 21.9. The van der Waals surface area contributed by atoms with Crippen molar-refractivity contribution >= 4 is 11.9 Å². The molecule has 0 amide bonds. The van der Waals surface area contributed by atoms with Crippen LogP contribution in [0, 0.1) is 0 Å². The standard InChI is InChI=1S/C9H16O4/c1-6(2)12-8(11)9(4,5)13-7(3)10/h6H,1-5H3. The molecule has 0 radical (unpaired) electrons. The van der Waals surface area contributed by atoms with Crippen molar-refractivity contribution in [3.8, 4) is 0 Å². The zero-order valence-electron chi connectivity index (χ0n) is 8.71. The van der Waals surface area contributed by atoms with Gasteiger partial charge in [0.25, 0.3) is 0 Å². The Bertz CT molecular complexity index is 206. The first-order chi connectivity index (χ1) is 5.75. The van der Waals surface area contributed by atoms with Gasteiger partial charge in [0.05, 0.1) is 6.10 Å². The fourth-order valence-corrected chi connectivity index (χ4v) is 0.757. The fourth-order valence-electron chi connectivity index (χ4n) is 0.757. The maximum Gasteiger partial charge on any atom is 0.350 e. The van der Waals surface area contributed by atoms with Gasteiger partial charge in [0.15, 0.2) is 0 Å². The molecule has 0 spiro atoms. The van der Waals surface area contributed by atoms with E-state index >= 15 is 0 Å². The quantitative estimate of drug-likeness (QED) is 0.626. The van der Waals surface area contributed by atoms with Crippen molar-refractivity contribution < 1.29 is 19.1 Å². The Morgan fingerprint density at radius 1 is 1.23 bits per heavy atom. The van der Waals surface area contributed by atoms with Gasteiger partial charge in [0.1, 0.15) is 0 Å². The third-order valence-electron chi connectivity index (χ3n) is 1.23. The Kier molecular flexibility index (Phi) is 3.91. The topological polar surface area (TPSA) is 52.6 Å². The second-order valence-electron chi connectivity index (χ2n) is 3.56. The molecule has 0 N–H and O–H groups in total. The molecule has 0 aliphatic rings. The van der Waals surface area contributed by atoms with Gasteiger partial charge in [-0.15, -0.1) is 0 Å². The van der Waals surface area contributed by atoms with Crippen LogP contribution in [0.25, 0.3) is 0 Å². The molecule has 4 nitrogen and oxygen atoms in total. The van der Waals surface area contributed by atoms with Crippen LogP contribution < -0.4 is 0 Å². The van der Waals surface area contributed by atoms with Crippen molar-refractivity contribution in [2.75, 3.05) is 0 Å². The first kappa shape index (κ1) is 11.9. The molecule has 0 aromatic carbocycles. The first-order valence-corrected chi connectivity index (χ1v) is 4.16. The monoisotopic (exact) mass is 188 g/mol. The van der Waals surface area contributed by atoms with E-state index < -0.39 is 17.5 Å². The van der Waals surface area contributed by atoms with Gasteiger partial charge < -0.3 is 9.47 Å². The second kappa shape index (κ2) is 4.25. The van der Waals surface area contributed by atoms with Gasteiger partial charge in [-0.2, -0.15) is 0 Å². The van der Waals surface area contributed by atoms with Crippen LogP contribution in [-0.4, -0.2) is 23.6 Å². The number of carbonyl (C=O) groups excluding carboxylic acids is 2. The van der Waals surface area contributed by atoms with Crippen LogP contribution in [0.3, 0.4) is 0 Å². The molecule has 0 aromatic rings. The average Bonchev–Trinajstić information content (AvgIpc) is 1.81. The van der Waals surface area contributed by atoms with Crippen LogP contribution in [0.15, 0.2) is 0 Å². The lowest BCUT2D eigenvalue weighted by Crippen LogP contribution is -2.39. The summed E-state index contributed by atoms with van der Waals surface area (Å²) in [6, 6.07) is 0. The molecule has 0 fully saturated rings. The fraction of sp³-hybridized carbons (Fsp3) is 0.778. The van der Waals surface area contributed by atoms with E-state index in [9.17, 15) is 9.59 Å². The Labute approximate surface area is 78.2 Å². The predicted octanol–water partition coefficient (Wildman–Crippen LogP) is 1.28. The lowest BCUT2D eigenvalue weighted by atomic mass is 10.1. The van der Waals surface area contributed by atoms with Gasteiger partial charge in [-0.3, -0.25) is 4.79 Å². The highest BCUT2D eigenvalue weighted by molar-refractivity contribution is 5.82. The lowest BCUT2D eigenvalue weighted by molar-refractivity contribution is -0.180. The minimum Gasteiger partial charge on any atom is -0.460 e. The summed E-state index contributed by atoms with van der Waals surface area (Å²) < 4.78 is 9.69. The zero-order valence-corrected chi connectivity index (χ0v) is 8.71. The molecule has 4 heteroatoms. The van der Waals surface area contributed by atoms with Crippen LogP contribution in [0.1, 0.15) is 34.6 Å². The summed E-state index contributed by atoms with van der Waals surface area (Å²) in [5.74, 6) is -1.02. The largest absolute Gasteiger partial charge is 0.460 e. The van der Waals surface area contributed by atoms with Crippen LogP contribution >= 0.6 is 0 Å². The molecule has 0 rings (SSSR count). The summed E-state index contributed by atoms with van der Waals surface area (Å²) in [5.41, 5.74) is -1.20. The van der Waals surface area contributed by atoms with E-state index in [0.29, 0.717) is 0 Å². The maximum atomic E-state index is 11.3. The van der Waals surface area contributed by atoms with Crippen molar-refractivity contribution in [3.63, 3.8) is 0 Å². The van der Waals surface area contributed by atoms with Crippen molar-refractivity contribution in [3.05, 3.63) is 0 Å². The van der Waals surface area contributed by atoms with E-state index in [1.54, 1.807) is 13.8 Å². The van der Waals surface area contributed by atoms with Crippen molar-refractivity contribution in [2.24, 2.45) is 0 Å². The van der Waals surface area contributed by atoms with E-state index in [4.69, 9.17) is 9.47 Å². The minimum absolute atomic E-state index is 0.206. The van der Waals surface area contributed by atoms with Gasteiger partial charge in [-0.1, -0.05) is 0 Å². The maximum absolute atomic E-state index is 11.3. The molecular formula is C9H16O4. The predicted molar refractivity (Wildman–Crippen MR) is 47.1 cm³/mol. The van der Waals surface area contributed by atoms with Gasteiger partial charge in [-0.25, -0.2) is 4.79 Å². The normalized spacial score (nSPS) is 11.2. The van der Waals surface area contributed by atoms with Crippen molar-refractivity contribution in [1.29, 1.82) is 0 Å². The molecule has 76 valence electrons. The van der Waals surface area contributed by atoms with Crippen molar-refractivity contribution in [1.82, 2.24) is 0 Å². The molecule has 13 heavy (non-hydrogen) atoms. The van der Waals surface area contributed by atoms with E-state index in [0.717, 1.165) is 0 Å². The highest BCUT2D eigenvalue weighted by Gasteiger charge is 2.33. The molecule has 0 atom stereocenters. The summed E-state index contributed by atoms with van der Waals surface area (Å²) in [6.45, 7) is 7.73. The summed E-state index contributed by atoms with van der Waals surface area (Å²) >= 11 is 0. The number of esters is 2. The van der Waals surface area contributed by atoms with E-state index in [1.165, 1.54) is 20.8 Å². The molecule has 0 saturated carbocycles. The lowest BCUT2D eigenvalue weighted by Gasteiger charge is -2.23. The number of hydrogen-bond acceptors (Lipinski definition) is 4. The van der Waals surface area contributed by atoms with Gasteiger partial charge in [-0.05, 0) is 27.7 Å². The molecule has 0 aliphatic heterocycles. The van der Waals surface area contributed by atoms with Gasteiger partial charge >= 0.3 is 11.9 Å². The molecule has 0 unspecified atom stereocenters. The molecular weight excluding hydrogens is 172 g/mol. The summed E-state index contributed by atoms with van der Waals surface area (Å²) in [5, 5.41) is 0. The Hall–Kier alpha value is -1.06. The van der Waals surface area contributed by atoms with Gasteiger partial charge in [0.2, 0.25) is 5.60 Å². The molecule has 0 aromatic heterocycles. The SMILES string of the molecule is CC(=O)OC(C)(C)C(=O)OC(C)C. The van der Waals surface area contributed by atoms with E-state index in [1.807, 2.05) is 0 Å². The number of rotatable bonds is 3. The van der Waals surface area contributed by atoms with Gasteiger partial charge in [0, 0.05) is 6.92 Å². The van der Waals surface area contributed by atoms with Crippen LogP contribution in [0.2, 0.25) is 0 Å². The molecule has 0 saturated heterocycles. The highest BCUT2D eigenvalue weighted by atomic mass is 16.6. The Morgan fingerprint density at radius 3 is 2.00 bits per heavy atom. The molecule has 0 bridgehead atoms.